The molecule has 0 saturated heterocycles. The number of para-hydroxylation sites is 1. The molecule has 3 nitrogen and oxygen atoms in total. The summed E-state index contributed by atoms with van der Waals surface area (Å²) in [6, 6.07) is 9.27. The van der Waals surface area contributed by atoms with Gasteiger partial charge in [-0.25, -0.2) is 13.2 Å². The second kappa shape index (κ2) is 6.30. The number of nitrogens with zero attached hydrogens (tertiary/aromatic N) is 1. The summed E-state index contributed by atoms with van der Waals surface area (Å²) in [5.41, 5.74) is 6.67. The Bertz CT molecular complexity index is 981. The first-order chi connectivity index (χ1) is 12.7. The maximum atomic E-state index is 14.8. The standard InChI is InChI=1S/C21H22F3N3/c1-21(2,24)11-27-8-7-14-13-5-3-4-6-17(13)26-19(14)20(27)18-15(22)9-12(25)10-16(18)23/h3-6,9-10,20,26H,7-8,11,25H2,1-2H3. The summed E-state index contributed by atoms with van der Waals surface area (Å²) in [5, 5.41) is 1.04. The van der Waals surface area contributed by atoms with Gasteiger partial charge in [-0.3, -0.25) is 4.90 Å². The van der Waals surface area contributed by atoms with E-state index < -0.39 is 23.3 Å². The van der Waals surface area contributed by atoms with Crippen LogP contribution in [0.15, 0.2) is 36.4 Å². The normalized spacial score (nSPS) is 18.0. The van der Waals surface area contributed by atoms with E-state index in [0.717, 1.165) is 28.6 Å². The Morgan fingerprint density at radius 3 is 2.52 bits per heavy atom. The molecule has 2 aromatic carbocycles. The zero-order valence-corrected chi connectivity index (χ0v) is 15.3. The minimum Gasteiger partial charge on any atom is -0.399 e. The van der Waals surface area contributed by atoms with E-state index in [-0.39, 0.29) is 17.8 Å². The fourth-order valence-corrected chi connectivity index (χ4v) is 4.14. The summed E-state index contributed by atoms with van der Waals surface area (Å²) < 4.78 is 44.0. The second-order valence-electron chi connectivity index (χ2n) is 7.80. The van der Waals surface area contributed by atoms with Gasteiger partial charge in [-0.1, -0.05) is 18.2 Å². The van der Waals surface area contributed by atoms with E-state index in [1.807, 2.05) is 24.3 Å². The van der Waals surface area contributed by atoms with Crippen molar-refractivity contribution in [3.8, 4) is 0 Å². The Kier molecular flexibility index (Phi) is 4.18. The van der Waals surface area contributed by atoms with Crippen LogP contribution in [-0.2, 0) is 6.42 Å². The molecule has 0 radical (unpaired) electrons. The molecule has 4 rings (SSSR count). The summed E-state index contributed by atoms with van der Waals surface area (Å²) in [4.78, 5) is 5.12. The van der Waals surface area contributed by atoms with Crippen LogP contribution in [0.25, 0.3) is 10.9 Å². The van der Waals surface area contributed by atoms with Gasteiger partial charge in [-0.2, -0.15) is 0 Å². The average molecular weight is 373 g/mol. The number of nitrogen functional groups attached to an aromatic ring is 1. The van der Waals surface area contributed by atoms with Gasteiger partial charge < -0.3 is 10.7 Å². The highest BCUT2D eigenvalue weighted by atomic mass is 19.1. The lowest BCUT2D eigenvalue weighted by Gasteiger charge is -2.38. The SMILES string of the molecule is CC(C)(F)CN1CCc2c([nH]c3ccccc23)C1c1c(F)cc(N)cc1F. The molecule has 3 N–H and O–H groups in total. The van der Waals surface area contributed by atoms with Crippen molar-refractivity contribution in [2.75, 3.05) is 18.8 Å². The highest BCUT2D eigenvalue weighted by Crippen LogP contribution is 2.41. The molecule has 6 heteroatoms. The van der Waals surface area contributed by atoms with E-state index in [4.69, 9.17) is 5.73 Å². The smallest absolute Gasteiger partial charge is 0.133 e. The molecular formula is C21H22F3N3. The number of halogens is 3. The zero-order valence-electron chi connectivity index (χ0n) is 15.3. The van der Waals surface area contributed by atoms with Gasteiger partial charge in [0.2, 0.25) is 0 Å². The quantitative estimate of drug-likeness (QED) is 0.653. The highest BCUT2D eigenvalue weighted by molar-refractivity contribution is 5.85. The second-order valence-corrected chi connectivity index (χ2v) is 7.80. The predicted octanol–water partition coefficient (Wildman–Crippen LogP) is 4.72. The van der Waals surface area contributed by atoms with Crippen LogP contribution in [0.4, 0.5) is 18.9 Å². The van der Waals surface area contributed by atoms with Gasteiger partial charge in [0.25, 0.3) is 0 Å². The van der Waals surface area contributed by atoms with Crippen LogP contribution in [0.5, 0.6) is 0 Å². The number of benzene rings is 2. The molecule has 2 heterocycles. The van der Waals surface area contributed by atoms with Gasteiger partial charge >= 0.3 is 0 Å². The fraction of sp³-hybridized carbons (Fsp3) is 0.333. The van der Waals surface area contributed by atoms with Gasteiger partial charge in [0.1, 0.15) is 17.3 Å². The molecule has 0 aliphatic carbocycles. The Morgan fingerprint density at radius 1 is 1.19 bits per heavy atom. The van der Waals surface area contributed by atoms with Gasteiger partial charge in [0.05, 0.1) is 6.04 Å². The van der Waals surface area contributed by atoms with Crippen molar-refractivity contribution >= 4 is 16.6 Å². The van der Waals surface area contributed by atoms with Crippen molar-refractivity contribution < 1.29 is 13.2 Å². The minimum absolute atomic E-state index is 0.0267. The van der Waals surface area contributed by atoms with Crippen LogP contribution in [0, 0.1) is 11.6 Å². The van der Waals surface area contributed by atoms with E-state index in [0.29, 0.717) is 18.7 Å². The fourth-order valence-electron chi connectivity index (χ4n) is 4.14. The molecule has 27 heavy (non-hydrogen) atoms. The van der Waals surface area contributed by atoms with Crippen LogP contribution in [0.2, 0.25) is 0 Å². The van der Waals surface area contributed by atoms with Gasteiger partial charge in [-0.15, -0.1) is 0 Å². The molecule has 1 aliphatic rings. The van der Waals surface area contributed by atoms with Crippen LogP contribution in [0.3, 0.4) is 0 Å². The maximum Gasteiger partial charge on any atom is 0.133 e. The monoisotopic (exact) mass is 373 g/mol. The van der Waals surface area contributed by atoms with Gasteiger partial charge in [0, 0.05) is 40.9 Å². The molecule has 142 valence electrons. The largest absolute Gasteiger partial charge is 0.399 e. The molecule has 1 atom stereocenters. The van der Waals surface area contributed by atoms with Crippen molar-refractivity contribution in [1.82, 2.24) is 9.88 Å². The van der Waals surface area contributed by atoms with Crippen LogP contribution >= 0.6 is 0 Å². The first-order valence-electron chi connectivity index (χ1n) is 9.01. The van der Waals surface area contributed by atoms with E-state index in [1.54, 1.807) is 4.90 Å². The number of nitrogens with one attached hydrogen (secondary N) is 1. The third-order valence-corrected chi connectivity index (χ3v) is 5.09. The summed E-state index contributed by atoms with van der Waals surface area (Å²) in [5.74, 6) is -1.43. The van der Waals surface area contributed by atoms with E-state index in [1.165, 1.54) is 13.8 Å². The van der Waals surface area contributed by atoms with Crippen molar-refractivity contribution in [2.24, 2.45) is 0 Å². The number of fused-ring (bicyclic) bond motifs is 3. The molecule has 1 aromatic heterocycles. The molecule has 1 unspecified atom stereocenters. The predicted molar refractivity (Wildman–Crippen MR) is 101 cm³/mol. The number of H-pyrrole nitrogens is 1. The number of hydrogen-bond acceptors (Lipinski definition) is 2. The van der Waals surface area contributed by atoms with Gasteiger partial charge in [-0.05, 0) is 44.0 Å². The summed E-state index contributed by atoms with van der Waals surface area (Å²) in [7, 11) is 0. The summed E-state index contributed by atoms with van der Waals surface area (Å²) >= 11 is 0. The van der Waals surface area contributed by atoms with Crippen molar-refractivity contribution in [3.05, 3.63) is 64.9 Å². The Labute approximate surface area is 156 Å². The number of nitrogens with two attached hydrogens (primary N) is 1. The van der Waals surface area contributed by atoms with E-state index >= 15 is 0 Å². The molecular weight excluding hydrogens is 351 g/mol. The number of aromatic nitrogens is 1. The van der Waals surface area contributed by atoms with Crippen molar-refractivity contribution in [3.63, 3.8) is 0 Å². The summed E-state index contributed by atoms with van der Waals surface area (Å²) in [6.45, 7) is 3.52. The number of alkyl halides is 1. The van der Waals surface area contributed by atoms with Gasteiger partial charge in [0.15, 0.2) is 0 Å². The number of aromatic amines is 1. The highest BCUT2D eigenvalue weighted by Gasteiger charge is 2.37. The Balaban J connectivity index is 1.93. The number of rotatable bonds is 3. The minimum atomic E-state index is -1.50. The average Bonchev–Trinajstić information content (AvgIpc) is 2.93. The first kappa shape index (κ1) is 17.9. The van der Waals surface area contributed by atoms with Crippen molar-refractivity contribution in [1.29, 1.82) is 0 Å². The molecule has 0 bridgehead atoms. The van der Waals surface area contributed by atoms with Crippen LogP contribution in [0.1, 0.15) is 36.7 Å². The molecule has 1 aliphatic heterocycles. The number of anilines is 1. The lowest BCUT2D eigenvalue weighted by Crippen LogP contribution is -2.43. The zero-order chi connectivity index (χ0) is 19.3. The lowest BCUT2D eigenvalue weighted by atomic mass is 9.90. The van der Waals surface area contributed by atoms with Crippen LogP contribution in [-0.4, -0.2) is 28.6 Å². The Morgan fingerprint density at radius 2 is 1.85 bits per heavy atom. The Hall–Kier alpha value is -2.47. The summed E-state index contributed by atoms with van der Waals surface area (Å²) in [6.07, 6.45) is 0.685. The van der Waals surface area contributed by atoms with E-state index in [9.17, 15) is 13.2 Å². The molecule has 0 spiro atoms. The number of hydrogen-bond donors (Lipinski definition) is 2. The molecule has 0 fully saturated rings. The maximum absolute atomic E-state index is 14.8. The van der Waals surface area contributed by atoms with Crippen LogP contribution < -0.4 is 5.73 Å². The topological polar surface area (TPSA) is 45.0 Å². The molecule has 3 aromatic rings. The van der Waals surface area contributed by atoms with E-state index in [2.05, 4.69) is 4.98 Å². The molecule has 0 amide bonds. The lowest BCUT2D eigenvalue weighted by molar-refractivity contribution is 0.0963. The van der Waals surface area contributed by atoms with Crippen molar-refractivity contribution in [2.45, 2.75) is 32.0 Å². The third kappa shape index (κ3) is 3.18. The first-order valence-corrected chi connectivity index (χ1v) is 9.01. The molecule has 0 saturated carbocycles. The third-order valence-electron chi connectivity index (χ3n) is 5.09.